The molecule has 0 unspecified atom stereocenters. The SMILES string of the molecule is NC(=S)c1ccc(NCCCC(=O)NC2CC2)c(F)c1F. The molecule has 4 N–H and O–H groups in total. The Bertz CT molecular complexity index is 561. The van der Waals surface area contributed by atoms with Gasteiger partial charge in [0.25, 0.3) is 0 Å². The predicted octanol–water partition coefficient (Wildman–Crippen LogP) is 2.07. The molecule has 7 heteroatoms. The van der Waals surface area contributed by atoms with Gasteiger partial charge in [-0.05, 0) is 31.4 Å². The first-order valence-corrected chi connectivity index (χ1v) is 7.21. The van der Waals surface area contributed by atoms with Crippen molar-refractivity contribution in [2.24, 2.45) is 5.73 Å². The van der Waals surface area contributed by atoms with E-state index in [0.29, 0.717) is 25.4 Å². The fraction of sp³-hybridized carbons (Fsp3) is 0.429. The number of carbonyl (C=O) groups is 1. The number of thiocarbonyl (C=S) groups is 1. The summed E-state index contributed by atoms with van der Waals surface area (Å²) in [6.45, 7) is 0.376. The van der Waals surface area contributed by atoms with E-state index in [1.165, 1.54) is 12.1 Å². The molecule has 1 aromatic carbocycles. The van der Waals surface area contributed by atoms with Crippen molar-refractivity contribution in [3.8, 4) is 0 Å². The Kier molecular flexibility index (Phi) is 5.06. The van der Waals surface area contributed by atoms with E-state index in [9.17, 15) is 13.6 Å². The molecule has 2 rings (SSSR count). The number of hydrogen-bond donors (Lipinski definition) is 3. The van der Waals surface area contributed by atoms with Crippen LogP contribution in [-0.2, 0) is 4.79 Å². The maximum Gasteiger partial charge on any atom is 0.220 e. The van der Waals surface area contributed by atoms with Crippen LogP contribution in [0.1, 0.15) is 31.2 Å². The van der Waals surface area contributed by atoms with E-state index >= 15 is 0 Å². The number of nitrogens with one attached hydrogen (secondary N) is 2. The van der Waals surface area contributed by atoms with Crippen LogP contribution in [0.15, 0.2) is 12.1 Å². The van der Waals surface area contributed by atoms with Gasteiger partial charge in [-0.1, -0.05) is 12.2 Å². The third-order valence-corrected chi connectivity index (χ3v) is 3.41. The number of rotatable bonds is 7. The van der Waals surface area contributed by atoms with E-state index in [1.54, 1.807) is 0 Å². The highest BCUT2D eigenvalue weighted by molar-refractivity contribution is 7.80. The quantitative estimate of drug-likeness (QED) is 0.532. The second-order valence-corrected chi connectivity index (χ2v) is 5.46. The molecule has 0 bridgehead atoms. The summed E-state index contributed by atoms with van der Waals surface area (Å²) in [4.78, 5) is 11.3. The summed E-state index contributed by atoms with van der Waals surface area (Å²) < 4.78 is 27.4. The monoisotopic (exact) mass is 313 g/mol. The second kappa shape index (κ2) is 6.80. The minimum atomic E-state index is -1.06. The Labute approximate surface area is 127 Å². The van der Waals surface area contributed by atoms with Crippen LogP contribution in [0.3, 0.4) is 0 Å². The zero-order valence-corrected chi connectivity index (χ0v) is 12.2. The molecule has 114 valence electrons. The zero-order valence-electron chi connectivity index (χ0n) is 11.4. The number of nitrogens with two attached hydrogens (primary N) is 1. The molecule has 1 fully saturated rings. The Morgan fingerprint density at radius 1 is 1.33 bits per heavy atom. The lowest BCUT2D eigenvalue weighted by molar-refractivity contribution is -0.121. The first kappa shape index (κ1) is 15.6. The van der Waals surface area contributed by atoms with Gasteiger partial charge in [0.15, 0.2) is 11.6 Å². The highest BCUT2D eigenvalue weighted by Gasteiger charge is 2.22. The molecule has 1 saturated carbocycles. The zero-order chi connectivity index (χ0) is 15.4. The van der Waals surface area contributed by atoms with Crippen LogP contribution in [0.2, 0.25) is 0 Å². The van der Waals surface area contributed by atoms with Gasteiger partial charge in [-0.2, -0.15) is 0 Å². The van der Waals surface area contributed by atoms with E-state index in [-0.39, 0.29) is 22.1 Å². The van der Waals surface area contributed by atoms with Crippen LogP contribution >= 0.6 is 12.2 Å². The highest BCUT2D eigenvalue weighted by Crippen LogP contribution is 2.21. The van der Waals surface area contributed by atoms with E-state index in [0.717, 1.165) is 12.8 Å². The minimum absolute atomic E-state index is 0.00483. The van der Waals surface area contributed by atoms with Gasteiger partial charge in [-0.3, -0.25) is 4.79 Å². The van der Waals surface area contributed by atoms with Crippen LogP contribution < -0.4 is 16.4 Å². The van der Waals surface area contributed by atoms with Crippen LogP contribution in [0.4, 0.5) is 14.5 Å². The third-order valence-electron chi connectivity index (χ3n) is 3.19. The second-order valence-electron chi connectivity index (χ2n) is 5.03. The highest BCUT2D eigenvalue weighted by atomic mass is 32.1. The Hall–Kier alpha value is -1.76. The molecule has 0 heterocycles. The van der Waals surface area contributed by atoms with Crippen molar-refractivity contribution in [1.29, 1.82) is 0 Å². The summed E-state index contributed by atoms with van der Waals surface area (Å²) in [6, 6.07) is 3.06. The molecule has 0 radical (unpaired) electrons. The normalized spacial score (nSPS) is 13.8. The first-order chi connectivity index (χ1) is 9.99. The summed E-state index contributed by atoms with van der Waals surface area (Å²) in [5, 5.41) is 5.63. The number of hydrogen-bond acceptors (Lipinski definition) is 3. The van der Waals surface area contributed by atoms with E-state index in [2.05, 4.69) is 22.9 Å². The molecule has 0 atom stereocenters. The number of carbonyl (C=O) groups excluding carboxylic acids is 1. The summed E-state index contributed by atoms with van der Waals surface area (Å²) in [5.74, 6) is -2.07. The summed E-state index contributed by atoms with van der Waals surface area (Å²) in [7, 11) is 0. The number of benzene rings is 1. The first-order valence-electron chi connectivity index (χ1n) is 6.80. The maximum absolute atomic E-state index is 13.8. The van der Waals surface area contributed by atoms with Crippen molar-refractivity contribution >= 4 is 28.8 Å². The van der Waals surface area contributed by atoms with Crippen LogP contribution in [0.5, 0.6) is 0 Å². The Morgan fingerprint density at radius 3 is 2.67 bits per heavy atom. The van der Waals surface area contributed by atoms with Gasteiger partial charge in [0, 0.05) is 24.6 Å². The molecule has 4 nitrogen and oxygen atoms in total. The molecule has 0 saturated heterocycles. The fourth-order valence-corrected chi connectivity index (χ4v) is 2.03. The summed E-state index contributed by atoms with van der Waals surface area (Å²) >= 11 is 4.63. The average Bonchev–Trinajstić information content (AvgIpc) is 3.22. The molecule has 1 aliphatic rings. The lowest BCUT2D eigenvalue weighted by Gasteiger charge is -2.10. The van der Waals surface area contributed by atoms with Gasteiger partial charge in [0.2, 0.25) is 5.91 Å². The predicted molar refractivity (Wildman–Crippen MR) is 81.1 cm³/mol. The molecule has 0 spiro atoms. The summed E-state index contributed by atoms with van der Waals surface area (Å²) in [5.41, 5.74) is 5.22. The van der Waals surface area contributed by atoms with Gasteiger partial charge in [-0.25, -0.2) is 8.78 Å². The third kappa shape index (κ3) is 4.35. The topological polar surface area (TPSA) is 67.1 Å². The fourth-order valence-electron chi connectivity index (χ4n) is 1.88. The average molecular weight is 313 g/mol. The maximum atomic E-state index is 13.8. The number of anilines is 1. The molecular weight excluding hydrogens is 296 g/mol. The van der Waals surface area contributed by atoms with Crippen molar-refractivity contribution in [3.63, 3.8) is 0 Å². The largest absolute Gasteiger partial charge is 0.389 e. The molecule has 1 amide bonds. The molecular formula is C14H17F2N3OS. The smallest absolute Gasteiger partial charge is 0.220 e. The molecule has 1 aliphatic carbocycles. The van der Waals surface area contributed by atoms with Crippen LogP contribution in [-0.4, -0.2) is 23.5 Å². The van der Waals surface area contributed by atoms with Crippen molar-refractivity contribution in [2.45, 2.75) is 31.7 Å². The number of halogens is 2. The van der Waals surface area contributed by atoms with Gasteiger partial charge < -0.3 is 16.4 Å². The van der Waals surface area contributed by atoms with Crippen LogP contribution in [0, 0.1) is 11.6 Å². The van der Waals surface area contributed by atoms with Gasteiger partial charge in [0.1, 0.15) is 4.99 Å². The van der Waals surface area contributed by atoms with Crippen LogP contribution in [0.25, 0.3) is 0 Å². The van der Waals surface area contributed by atoms with Gasteiger partial charge >= 0.3 is 0 Å². The molecule has 0 aromatic heterocycles. The number of amides is 1. The Morgan fingerprint density at radius 2 is 2.05 bits per heavy atom. The lowest BCUT2D eigenvalue weighted by Crippen LogP contribution is -2.25. The van der Waals surface area contributed by atoms with E-state index in [4.69, 9.17) is 5.73 Å². The van der Waals surface area contributed by atoms with E-state index in [1.807, 2.05) is 0 Å². The molecule has 0 aliphatic heterocycles. The Balaban J connectivity index is 1.81. The van der Waals surface area contributed by atoms with Crippen molar-refractivity contribution in [2.75, 3.05) is 11.9 Å². The van der Waals surface area contributed by atoms with Crippen molar-refractivity contribution in [3.05, 3.63) is 29.3 Å². The van der Waals surface area contributed by atoms with E-state index < -0.39 is 11.6 Å². The molecule has 1 aromatic rings. The van der Waals surface area contributed by atoms with Crippen molar-refractivity contribution < 1.29 is 13.6 Å². The van der Waals surface area contributed by atoms with Gasteiger partial charge in [0.05, 0.1) is 5.69 Å². The molecule has 21 heavy (non-hydrogen) atoms. The standard InChI is InChI=1S/C14H17F2N3OS/c15-12-9(14(17)21)5-6-10(13(12)16)18-7-1-2-11(20)19-8-3-4-8/h5-6,8,18H,1-4,7H2,(H2,17,21)(H,19,20). The van der Waals surface area contributed by atoms with Gasteiger partial charge in [-0.15, -0.1) is 0 Å². The lowest BCUT2D eigenvalue weighted by atomic mass is 10.1. The summed E-state index contributed by atoms with van der Waals surface area (Å²) in [6.07, 6.45) is 2.99. The van der Waals surface area contributed by atoms with Crippen molar-refractivity contribution in [1.82, 2.24) is 5.32 Å². The minimum Gasteiger partial charge on any atom is -0.389 e.